The van der Waals surface area contributed by atoms with Crippen LogP contribution in [0.3, 0.4) is 0 Å². The molecule has 1 unspecified atom stereocenters. The third kappa shape index (κ3) is 5.17. The van der Waals surface area contributed by atoms with Crippen molar-refractivity contribution >= 4 is 0 Å². The summed E-state index contributed by atoms with van der Waals surface area (Å²) in [6.45, 7) is 19.2. The van der Waals surface area contributed by atoms with Crippen LogP contribution in [0.5, 0.6) is 0 Å². The molecule has 2 rings (SSSR count). The third-order valence-electron chi connectivity index (χ3n) is 4.13. The number of likely N-dealkylation sites (tertiary alicyclic amines) is 1. The molecule has 2 aliphatic heterocycles. The van der Waals surface area contributed by atoms with Gasteiger partial charge in [-0.25, -0.2) is 0 Å². The van der Waals surface area contributed by atoms with Crippen molar-refractivity contribution in [2.45, 2.75) is 38.8 Å². The second-order valence-electron chi connectivity index (χ2n) is 7.18. The summed E-state index contributed by atoms with van der Waals surface area (Å²) >= 11 is 0. The minimum atomic E-state index is 0.171. The molecule has 0 bridgehead atoms. The molecule has 4 heteroatoms. The van der Waals surface area contributed by atoms with Crippen molar-refractivity contribution in [3.05, 3.63) is 12.2 Å². The fourth-order valence-corrected chi connectivity index (χ4v) is 2.96. The van der Waals surface area contributed by atoms with E-state index in [0.29, 0.717) is 0 Å². The summed E-state index contributed by atoms with van der Waals surface area (Å²) in [5.74, 6) is 0. The summed E-state index contributed by atoms with van der Waals surface area (Å²) in [5.41, 5.74) is 1.46. The SMILES string of the molecule is C=C(CNC(C)(C)C)CN1CCC(N2CCOCC2)C1. The van der Waals surface area contributed by atoms with Crippen LogP contribution < -0.4 is 5.32 Å². The standard InChI is InChI=1S/C16H31N3O/c1-14(11-17-16(2,3)4)12-18-6-5-15(13-18)19-7-9-20-10-8-19/h15,17H,1,5-13H2,2-4H3. The van der Waals surface area contributed by atoms with Crippen LogP contribution in [-0.4, -0.2) is 73.9 Å². The molecule has 4 nitrogen and oxygen atoms in total. The molecule has 0 amide bonds. The zero-order valence-corrected chi connectivity index (χ0v) is 13.5. The van der Waals surface area contributed by atoms with Crippen LogP contribution in [0.1, 0.15) is 27.2 Å². The summed E-state index contributed by atoms with van der Waals surface area (Å²) in [5, 5.41) is 3.52. The highest BCUT2D eigenvalue weighted by Gasteiger charge is 2.28. The van der Waals surface area contributed by atoms with Crippen molar-refractivity contribution in [1.29, 1.82) is 0 Å². The highest BCUT2D eigenvalue weighted by molar-refractivity contribution is 5.02. The number of hydrogen-bond acceptors (Lipinski definition) is 4. The van der Waals surface area contributed by atoms with Crippen LogP contribution in [0.2, 0.25) is 0 Å². The Bertz CT molecular complexity index is 318. The topological polar surface area (TPSA) is 27.7 Å². The van der Waals surface area contributed by atoms with Crippen LogP contribution in [0, 0.1) is 0 Å². The Balaban J connectivity index is 1.68. The number of nitrogens with one attached hydrogen (secondary N) is 1. The Morgan fingerprint density at radius 2 is 1.95 bits per heavy atom. The van der Waals surface area contributed by atoms with E-state index in [9.17, 15) is 0 Å². The zero-order valence-electron chi connectivity index (χ0n) is 13.5. The number of ether oxygens (including phenoxy) is 1. The van der Waals surface area contributed by atoms with Gasteiger partial charge in [0, 0.05) is 50.8 Å². The first-order valence-corrected chi connectivity index (χ1v) is 7.90. The largest absolute Gasteiger partial charge is 0.379 e. The van der Waals surface area contributed by atoms with E-state index in [-0.39, 0.29) is 5.54 Å². The fraction of sp³-hybridized carbons (Fsp3) is 0.875. The van der Waals surface area contributed by atoms with E-state index in [4.69, 9.17) is 4.74 Å². The van der Waals surface area contributed by atoms with Gasteiger partial charge in [-0.15, -0.1) is 0 Å². The van der Waals surface area contributed by atoms with Crippen molar-refractivity contribution < 1.29 is 4.74 Å². The number of rotatable bonds is 5. The first kappa shape index (κ1) is 16.0. The normalized spacial score (nSPS) is 26.1. The molecule has 0 aromatic rings. The minimum Gasteiger partial charge on any atom is -0.379 e. The van der Waals surface area contributed by atoms with Crippen molar-refractivity contribution in [1.82, 2.24) is 15.1 Å². The van der Waals surface area contributed by atoms with E-state index in [1.54, 1.807) is 0 Å². The quantitative estimate of drug-likeness (QED) is 0.770. The van der Waals surface area contributed by atoms with Crippen molar-refractivity contribution in [2.24, 2.45) is 0 Å². The fourth-order valence-electron chi connectivity index (χ4n) is 2.96. The number of hydrogen-bond donors (Lipinski definition) is 1. The van der Waals surface area contributed by atoms with Gasteiger partial charge in [0.25, 0.3) is 0 Å². The first-order valence-electron chi connectivity index (χ1n) is 7.90. The third-order valence-corrected chi connectivity index (χ3v) is 4.13. The van der Waals surface area contributed by atoms with Crippen LogP contribution in [0.15, 0.2) is 12.2 Å². The van der Waals surface area contributed by atoms with Gasteiger partial charge in [-0.05, 0) is 32.8 Å². The maximum Gasteiger partial charge on any atom is 0.0594 e. The van der Waals surface area contributed by atoms with Gasteiger partial charge in [0.05, 0.1) is 13.2 Å². The summed E-state index contributed by atoms with van der Waals surface area (Å²) in [7, 11) is 0. The molecule has 2 saturated heterocycles. The Kier molecular flexibility index (Phi) is 5.61. The lowest BCUT2D eigenvalue weighted by Gasteiger charge is -2.32. The molecule has 1 N–H and O–H groups in total. The molecule has 0 saturated carbocycles. The summed E-state index contributed by atoms with van der Waals surface area (Å²) in [4.78, 5) is 5.15. The van der Waals surface area contributed by atoms with Gasteiger partial charge in [0.1, 0.15) is 0 Å². The summed E-state index contributed by atoms with van der Waals surface area (Å²) in [6.07, 6.45) is 1.29. The smallest absolute Gasteiger partial charge is 0.0594 e. The predicted octanol–water partition coefficient (Wildman–Crippen LogP) is 1.34. The highest BCUT2D eigenvalue weighted by Crippen LogP contribution is 2.17. The summed E-state index contributed by atoms with van der Waals surface area (Å²) < 4.78 is 5.44. The molecule has 2 fully saturated rings. The maximum absolute atomic E-state index is 5.44. The Labute approximate surface area is 124 Å². The van der Waals surface area contributed by atoms with E-state index in [1.807, 2.05) is 0 Å². The van der Waals surface area contributed by atoms with Crippen LogP contribution in [0.25, 0.3) is 0 Å². The van der Waals surface area contributed by atoms with Gasteiger partial charge in [-0.2, -0.15) is 0 Å². The lowest BCUT2D eigenvalue weighted by atomic mass is 10.1. The molecule has 0 aromatic carbocycles. The number of morpholine rings is 1. The molecule has 116 valence electrons. The van der Waals surface area contributed by atoms with Gasteiger partial charge in [-0.3, -0.25) is 9.80 Å². The van der Waals surface area contributed by atoms with E-state index in [1.165, 1.54) is 25.1 Å². The van der Waals surface area contributed by atoms with Crippen LogP contribution in [0.4, 0.5) is 0 Å². The molecule has 1 atom stereocenters. The van der Waals surface area contributed by atoms with Gasteiger partial charge in [0.15, 0.2) is 0 Å². The lowest BCUT2D eigenvalue weighted by molar-refractivity contribution is 0.0187. The molecule has 0 spiro atoms. The highest BCUT2D eigenvalue weighted by atomic mass is 16.5. The van der Waals surface area contributed by atoms with E-state index in [0.717, 1.165) is 45.4 Å². The van der Waals surface area contributed by atoms with Gasteiger partial charge in [0.2, 0.25) is 0 Å². The zero-order chi connectivity index (χ0) is 14.6. The second kappa shape index (κ2) is 7.03. The molecule has 2 aliphatic rings. The van der Waals surface area contributed by atoms with Crippen molar-refractivity contribution in [3.8, 4) is 0 Å². The second-order valence-corrected chi connectivity index (χ2v) is 7.18. The molecule has 0 radical (unpaired) electrons. The summed E-state index contributed by atoms with van der Waals surface area (Å²) in [6, 6.07) is 0.724. The average molecular weight is 281 g/mol. The molecule has 2 heterocycles. The van der Waals surface area contributed by atoms with Crippen molar-refractivity contribution in [3.63, 3.8) is 0 Å². The minimum absolute atomic E-state index is 0.171. The van der Waals surface area contributed by atoms with Gasteiger partial charge < -0.3 is 10.1 Å². The van der Waals surface area contributed by atoms with Crippen LogP contribution in [-0.2, 0) is 4.74 Å². The Morgan fingerprint density at radius 3 is 2.60 bits per heavy atom. The first-order chi connectivity index (χ1) is 9.44. The van der Waals surface area contributed by atoms with Gasteiger partial charge >= 0.3 is 0 Å². The predicted molar refractivity (Wildman–Crippen MR) is 84.1 cm³/mol. The van der Waals surface area contributed by atoms with Gasteiger partial charge in [-0.1, -0.05) is 6.58 Å². The molecule has 20 heavy (non-hydrogen) atoms. The molecular formula is C16H31N3O. The molecular weight excluding hydrogens is 250 g/mol. The Hall–Kier alpha value is -0.420. The van der Waals surface area contributed by atoms with E-state index < -0.39 is 0 Å². The monoisotopic (exact) mass is 281 g/mol. The lowest BCUT2D eigenvalue weighted by Crippen LogP contribution is -2.45. The molecule has 0 aliphatic carbocycles. The Morgan fingerprint density at radius 1 is 1.25 bits per heavy atom. The van der Waals surface area contributed by atoms with E-state index >= 15 is 0 Å². The van der Waals surface area contributed by atoms with Crippen molar-refractivity contribution in [2.75, 3.05) is 52.5 Å². The maximum atomic E-state index is 5.44. The van der Waals surface area contributed by atoms with E-state index in [2.05, 4.69) is 42.5 Å². The average Bonchev–Trinajstić information content (AvgIpc) is 2.85. The van der Waals surface area contributed by atoms with Crippen LogP contribution >= 0.6 is 0 Å². The number of nitrogens with zero attached hydrogens (tertiary/aromatic N) is 2. The molecule has 0 aromatic heterocycles.